The highest BCUT2D eigenvalue weighted by atomic mass is 16.6. The summed E-state index contributed by atoms with van der Waals surface area (Å²) in [6.07, 6.45) is 0. The smallest absolute Gasteiger partial charge is 0.311 e. The number of benzene rings is 2. The summed E-state index contributed by atoms with van der Waals surface area (Å²) < 4.78 is 5.02. The van der Waals surface area contributed by atoms with Gasteiger partial charge in [-0.1, -0.05) is 12.1 Å². The number of anilines is 2. The Labute approximate surface area is 151 Å². The average Bonchev–Trinajstić information content (AvgIpc) is 2.66. The van der Waals surface area contributed by atoms with E-state index in [2.05, 4.69) is 18.7 Å². The Balaban J connectivity index is 2.03. The van der Waals surface area contributed by atoms with Crippen molar-refractivity contribution in [3.8, 4) is 5.75 Å². The second kappa shape index (κ2) is 7.03. The van der Waals surface area contributed by atoms with E-state index in [0.29, 0.717) is 6.54 Å². The third-order valence-corrected chi connectivity index (χ3v) is 4.67. The molecule has 0 N–H and O–H groups in total. The summed E-state index contributed by atoms with van der Waals surface area (Å²) in [5.74, 6) is -0.123. The Kier molecular flexibility index (Phi) is 4.79. The number of carbonyl (C=O) groups is 1. The third-order valence-electron chi connectivity index (χ3n) is 4.67. The van der Waals surface area contributed by atoms with Crippen molar-refractivity contribution in [1.82, 2.24) is 0 Å². The zero-order chi connectivity index (χ0) is 18.8. The topological polar surface area (TPSA) is 75.9 Å². The monoisotopic (exact) mass is 355 g/mol. The first kappa shape index (κ1) is 17.7. The van der Waals surface area contributed by atoms with E-state index in [4.69, 9.17) is 4.74 Å². The van der Waals surface area contributed by atoms with Crippen molar-refractivity contribution in [2.75, 3.05) is 30.0 Å². The molecular formula is C19H21N3O4. The van der Waals surface area contributed by atoms with Gasteiger partial charge in [-0.15, -0.1) is 0 Å². The molecule has 1 atom stereocenters. The summed E-state index contributed by atoms with van der Waals surface area (Å²) in [5, 5.41) is 11.3. The molecule has 0 fully saturated rings. The first-order valence-corrected chi connectivity index (χ1v) is 8.47. The predicted molar refractivity (Wildman–Crippen MR) is 100 cm³/mol. The van der Waals surface area contributed by atoms with Crippen LogP contribution in [0.3, 0.4) is 0 Å². The van der Waals surface area contributed by atoms with Crippen molar-refractivity contribution < 1.29 is 14.5 Å². The van der Waals surface area contributed by atoms with Crippen LogP contribution in [0.25, 0.3) is 0 Å². The van der Waals surface area contributed by atoms with E-state index in [1.807, 2.05) is 24.3 Å². The predicted octanol–water partition coefficient (Wildman–Crippen LogP) is 3.48. The van der Waals surface area contributed by atoms with E-state index < -0.39 is 4.92 Å². The molecule has 2 aromatic carbocycles. The number of fused-ring (bicyclic) bond motifs is 1. The fourth-order valence-electron chi connectivity index (χ4n) is 3.43. The van der Waals surface area contributed by atoms with Crippen LogP contribution in [-0.2, 0) is 0 Å². The zero-order valence-corrected chi connectivity index (χ0v) is 15.0. The van der Waals surface area contributed by atoms with Gasteiger partial charge in [0.05, 0.1) is 23.4 Å². The van der Waals surface area contributed by atoms with E-state index in [1.165, 1.54) is 19.2 Å². The minimum Gasteiger partial charge on any atom is -0.490 e. The number of nitro benzene ring substituents is 1. The zero-order valence-electron chi connectivity index (χ0n) is 15.0. The number of carbonyl (C=O) groups excluding carboxylic acids is 1. The van der Waals surface area contributed by atoms with Gasteiger partial charge in [-0.2, -0.15) is 0 Å². The van der Waals surface area contributed by atoms with Crippen LogP contribution in [0, 0.1) is 10.1 Å². The molecule has 0 spiro atoms. The van der Waals surface area contributed by atoms with Gasteiger partial charge in [0.1, 0.15) is 0 Å². The average molecular weight is 355 g/mol. The molecule has 7 heteroatoms. The summed E-state index contributed by atoms with van der Waals surface area (Å²) in [7, 11) is 1.37. The van der Waals surface area contributed by atoms with Crippen LogP contribution >= 0.6 is 0 Å². The number of rotatable bonds is 4. The molecule has 1 aliphatic heterocycles. The maximum Gasteiger partial charge on any atom is 0.311 e. The highest BCUT2D eigenvalue weighted by Gasteiger charge is 2.31. The normalized spacial score (nSPS) is 16.2. The first-order chi connectivity index (χ1) is 12.5. The molecule has 1 heterocycles. The summed E-state index contributed by atoms with van der Waals surface area (Å²) in [4.78, 5) is 27.8. The number of ether oxygens (including phenoxy) is 1. The fraction of sp³-hybridized carbons (Fsp3) is 0.316. The molecule has 2 aromatic rings. The van der Waals surface area contributed by atoms with E-state index in [9.17, 15) is 14.9 Å². The number of nitrogens with zero attached hydrogens (tertiary/aromatic N) is 3. The molecule has 1 amide bonds. The molecule has 0 bridgehead atoms. The number of likely N-dealkylation sites (N-methyl/N-ethyl adjacent to an activating group) is 1. The van der Waals surface area contributed by atoms with Crippen molar-refractivity contribution in [3.63, 3.8) is 0 Å². The van der Waals surface area contributed by atoms with Crippen molar-refractivity contribution in [3.05, 3.63) is 58.1 Å². The second-order valence-corrected chi connectivity index (χ2v) is 6.18. The molecule has 1 aliphatic rings. The van der Waals surface area contributed by atoms with Gasteiger partial charge in [-0.25, -0.2) is 0 Å². The Hall–Kier alpha value is -3.09. The van der Waals surface area contributed by atoms with Gasteiger partial charge in [0, 0.05) is 30.8 Å². The van der Waals surface area contributed by atoms with Crippen LogP contribution in [0.1, 0.15) is 24.2 Å². The summed E-state index contributed by atoms with van der Waals surface area (Å²) in [5.41, 5.74) is 1.86. The van der Waals surface area contributed by atoms with Crippen LogP contribution < -0.4 is 14.5 Å². The summed E-state index contributed by atoms with van der Waals surface area (Å²) in [6.45, 7) is 5.51. The van der Waals surface area contributed by atoms with E-state index >= 15 is 0 Å². The lowest BCUT2D eigenvalue weighted by Crippen LogP contribution is -2.49. The molecule has 0 saturated heterocycles. The molecule has 1 unspecified atom stereocenters. The number of para-hydroxylation sites is 2. The number of hydrogen-bond acceptors (Lipinski definition) is 5. The molecule has 26 heavy (non-hydrogen) atoms. The van der Waals surface area contributed by atoms with Crippen LogP contribution in [0.15, 0.2) is 42.5 Å². The SMILES string of the molecule is CCN1c2ccccc2N(C(=O)c2ccc(OC)c([N+](=O)[O-])c2)CC1C. The minimum atomic E-state index is -0.540. The molecule has 3 rings (SSSR count). The second-order valence-electron chi connectivity index (χ2n) is 6.18. The number of methoxy groups -OCH3 is 1. The van der Waals surface area contributed by atoms with Crippen LogP contribution in [0.5, 0.6) is 5.75 Å². The molecule has 136 valence electrons. The molecule has 0 aliphatic carbocycles. The third kappa shape index (κ3) is 2.96. The Morgan fingerprint density at radius 2 is 1.96 bits per heavy atom. The van der Waals surface area contributed by atoms with E-state index in [-0.39, 0.29) is 28.9 Å². The van der Waals surface area contributed by atoms with Gasteiger partial charge in [0.25, 0.3) is 5.91 Å². The molecule has 0 aromatic heterocycles. The Bertz CT molecular complexity index is 852. The number of hydrogen-bond donors (Lipinski definition) is 0. The summed E-state index contributed by atoms with van der Waals surface area (Å²) in [6, 6.07) is 12.2. The Morgan fingerprint density at radius 1 is 1.27 bits per heavy atom. The van der Waals surface area contributed by atoms with Gasteiger partial charge >= 0.3 is 5.69 Å². The van der Waals surface area contributed by atoms with Crippen molar-refractivity contribution in [2.45, 2.75) is 19.9 Å². The highest BCUT2D eigenvalue weighted by molar-refractivity contribution is 6.09. The van der Waals surface area contributed by atoms with Crippen molar-refractivity contribution in [1.29, 1.82) is 0 Å². The van der Waals surface area contributed by atoms with Crippen molar-refractivity contribution >= 4 is 23.0 Å². The standard InChI is InChI=1S/C19H21N3O4/c1-4-20-13(2)12-21(16-8-6-5-7-15(16)20)19(23)14-9-10-18(26-3)17(11-14)22(24)25/h5-11,13H,4,12H2,1-3H3. The van der Waals surface area contributed by atoms with Gasteiger partial charge in [0.15, 0.2) is 5.75 Å². The van der Waals surface area contributed by atoms with Gasteiger partial charge in [0.2, 0.25) is 0 Å². The quantitative estimate of drug-likeness (QED) is 0.620. The fourth-order valence-corrected chi connectivity index (χ4v) is 3.43. The maximum atomic E-state index is 13.1. The molecule has 0 saturated carbocycles. The molecule has 7 nitrogen and oxygen atoms in total. The van der Waals surface area contributed by atoms with Gasteiger partial charge < -0.3 is 14.5 Å². The minimum absolute atomic E-state index is 0.135. The number of nitro groups is 1. The number of amides is 1. The maximum absolute atomic E-state index is 13.1. The van der Waals surface area contributed by atoms with Gasteiger partial charge in [-0.05, 0) is 38.1 Å². The lowest BCUT2D eigenvalue weighted by Gasteiger charge is -2.42. The largest absolute Gasteiger partial charge is 0.490 e. The van der Waals surface area contributed by atoms with Crippen LogP contribution in [0.2, 0.25) is 0 Å². The highest BCUT2D eigenvalue weighted by Crippen LogP contribution is 2.36. The van der Waals surface area contributed by atoms with Crippen molar-refractivity contribution in [2.24, 2.45) is 0 Å². The lowest BCUT2D eigenvalue weighted by molar-refractivity contribution is -0.385. The van der Waals surface area contributed by atoms with Gasteiger partial charge in [-0.3, -0.25) is 14.9 Å². The lowest BCUT2D eigenvalue weighted by atomic mass is 10.1. The Morgan fingerprint density at radius 3 is 2.58 bits per heavy atom. The van der Waals surface area contributed by atoms with Crippen LogP contribution in [-0.4, -0.2) is 37.1 Å². The van der Waals surface area contributed by atoms with Crippen LogP contribution in [0.4, 0.5) is 17.1 Å². The summed E-state index contributed by atoms with van der Waals surface area (Å²) >= 11 is 0. The first-order valence-electron chi connectivity index (χ1n) is 8.47. The molecular weight excluding hydrogens is 334 g/mol. The molecule has 0 radical (unpaired) electrons. The van der Waals surface area contributed by atoms with E-state index in [1.54, 1.807) is 11.0 Å². The van der Waals surface area contributed by atoms with E-state index in [0.717, 1.165) is 17.9 Å².